The smallest absolute Gasteiger partial charge is 0.255 e. The lowest BCUT2D eigenvalue weighted by Crippen LogP contribution is -2.12. The van der Waals surface area contributed by atoms with E-state index < -0.39 is 0 Å². The number of hydrogen-bond donors (Lipinski definition) is 2. The van der Waals surface area contributed by atoms with Crippen LogP contribution in [0.1, 0.15) is 15.9 Å². The van der Waals surface area contributed by atoms with E-state index in [1.165, 1.54) is 5.56 Å². The highest BCUT2D eigenvalue weighted by molar-refractivity contribution is 6.04. The van der Waals surface area contributed by atoms with Gasteiger partial charge in [0, 0.05) is 23.9 Å². The van der Waals surface area contributed by atoms with Crippen molar-refractivity contribution in [3.05, 3.63) is 96.2 Å². The zero-order chi connectivity index (χ0) is 22.5. The summed E-state index contributed by atoms with van der Waals surface area (Å²) in [6.07, 6.45) is 2.42. The number of anilines is 1. The fourth-order valence-corrected chi connectivity index (χ4v) is 3.36. The Morgan fingerprint density at radius 1 is 0.909 bits per heavy atom. The van der Waals surface area contributed by atoms with E-state index >= 15 is 0 Å². The summed E-state index contributed by atoms with van der Waals surface area (Å²) in [6.45, 7) is 0.587. The lowest BCUT2D eigenvalue weighted by Gasteiger charge is -2.09. The fourth-order valence-electron chi connectivity index (χ4n) is 3.36. The average molecular weight is 436 g/mol. The van der Waals surface area contributed by atoms with Crippen LogP contribution in [0.4, 0.5) is 5.69 Å². The van der Waals surface area contributed by atoms with E-state index in [-0.39, 0.29) is 5.91 Å². The molecule has 0 aliphatic carbocycles. The number of pyridine rings is 2. The number of H-pyrrole nitrogens is 1. The van der Waals surface area contributed by atoms with E-state index in [0.717, 1.165) is 12.2 Å². The van der Waals surface area contributed by atoms with Gasteiger partial charge in [0.05, 0.1) is 18.0 Å². The molecule has 0 spiro atoms. The van der Waals surface area contributed by atoms with Gasteiger partial charge in [0.2, 0.25) is 5.65 Å². The Kier molecular flexibility index (Phi) is 5.71. The predicted molar refractivity (Wildman–Crippen MR) is 125 cm³/mol. The van der Waals surface area contributed by atoms with Crippen LogP contribution < -0.4 is 10.1 Å². The minimum atomic E-state index is -0.237. The first-order valence-corrected chi connectivity index (χ1v) is 10.5. The van der Waals surface area contributed by atoms with Gasteiger partial charge < -0.3 is 10.1 Å². The van der Waals surface area contributed by atoms with Crippen LogP contribution in [0.25, 0.3) is 22.6 Å². The molecule has 0 aliphatic rings. The number of nitrogens with zero attached hydrogens (tertiary/aromatic N) is 4. The third-order valence-corrected chi connectivity index (χ3v) is 5.08. The number of carbonyl (C=O) groups excluding carboxylic acids is 1. The topological polar surface area (TPSA) is 106 Å². The number of aromatic nitrogens is 5. The number of aromatic amines is 1. The Balaban J connectivity index is 1.21. The third kappa shape index (κ3) is 4.85. The van der Waals surface area contributed by atoms with E-state index in [1.807, 2.05) is 42.5 Å². The zero-order valence-corrected chi connectivity index (χ0v) is 17.6. The molecule has 0 saturated heterocycles. The second-order valence-corrected chi connectivity index (χ2v) is 7.36. The van der Waals surface area contributed by atoms with Gasteiger partial charge in [-0.1, -0.05) is 30.3 Å². The molecular formula is C25H20N6O2. The summed E-state index contributed by atoms with van der Waals surface area (Å²) in [7, 11) is 0. The van der Waals surface area contributed by atoms with Gasteiger partial charge in [-0.05, 0) is 54.1 Å². The Labute approximate surface area is 189 Å². The molecule has 5 aromatic rings. The van der Waals surface area contributed by atoms with E-state index in [9.17, 15) is 4.79 Å². The molecule has 0 saturated carbocycles. The molecule has 0 bridgehead atoms. The monoisotopic (exact) mass is 436 g/mol. The van der Waals surface area contributed by atoms with Crippen molar-refractivity contribution in [2.45, 2.75) is 6.42 Å². The molecule has 162 valence electrons. The van der Waals surface area contributed by atoms with Crippen LogP contribution in [0.15, 0.2) is 85.1 Å². The quantitative estimate of drug-likeness (QED) is 0.394. The maximum absolute atomic E-state index is 12.8. The number of carbonyl (C=O) groups is 1. The molecular weight excluding hydrogens is 416 g/mol. The molecule has 2 N–H and O–H groups in total. The molecule has 8 nitrogen and oxygen atoms in total. The first-order chi connectivity index (χ1) is 16.2. The van der Waals surface area contributed by atoms with Crippen molar-refractivity contribution in [2.75, 3.05) is 11.9 Å². The number of amides is 1. The zero-order valence-electron chi connectivity index (χ0n) is 17.6. The maximum atomic E-state index is 12.8. The molecule has 0 aliphatic heterocycles. The van der Waals surface area contributed by atoms with Crippen LogP contribution >= 0.6 is 0 Å². The van der Waals surface area contributed by atoms with E-state index in [1.54, 1.807) is 30.5 Å². The summed E-state index contributed by atoms with van der Waals surface area (Å²) < 4.78 is 5.80. The van der Waals surface area contributed by atoms with Crippen molar-refractivity contribution < 1.29 is 9.53 Å². The molecule has 2 aromatic carbocycles. The van der Waals surface area contributed by atoms with Crippen molar-refractivity contribution in [3.63, 3.8) is 0 Å². The molecule has 3 aromatic heterocycles. The van der Waals surface area contributed by atoms with Crippen LogP contribution in [0.2, 0.25) is 0 Å². The standard InChI is InChI=1S/C25H20N6O2/c32-25(18-12-14-26-23(16-18)21-10-11-22-24(28-21)30-31-29-22)27-19-6-8-20(9-7-19)33-15-13-17-4-2-1-3-5-17/h1-12,14,16H,13,15H2,(H,27,32)(H,28,29,30,31). The molecule has 0 atom stereocenters. The van der Waals surface area contributed by atoms with Gasteiger partial charge in [-0.3, -0.25) is 9.78 Å². The number of ether oxygens (including phenoxy) is 1. The lowest BCUT2D eigenvalue weighted by atomic mass is 10.1. The summed E-state index contributed by atoms with van der Waals surface area (Å²) in [5, 5.41) is 13.4. The molecule has 3 heterocycles. The third-order valence-electron chi connectivity index (χ3n) is 5.08. The summed E-state index contributed by atoms with van der Waals surface area (Å²) in [4.78, 5) is 21.5. The van der Waals surface area contributed by atoms with Gasteiger partial charge in [0.15, 0.2) is 0 Å². The molecule has 8 heteroatoms. The van der Waals surface area contributed by atoms with Gasteiger partial charge in [-0.15, -0.1) is 5.10 Å². The number of rotatable bonds is 7. The Morgan fingerprint density at radius 3 is 2.61 bits per heavy atom. The largest absolute Gasteiger partial charge is 0.493 e. The number of hydrogen-bond acceptors (Lipinski definition) is 6. The second-order valence-electron chi connectivity index (χ2n) is 7.36. The summed E-state index contributed by atoms with van der Waals surface area (Å²) in [5.74, 6) is 0.517. The molecule has 1 amide bonds. The Hall–Kier alpha value is -4.59. The highest BCUT2D eigenvalue weighted by Gasteiger charge is 2.11. The summed E-state index contributed by atoms with van der Waals surface area (Å²) in [6, 6.07) is 24.5. The van der Waals surface area contributed by atoms with E-state index in [2.05, 4.69) is 42.8 Å². The first kappa shape index (κ1) is 20.3. The van der Waals surface area contributed by atoms with Gasteiger partial charge in [-0.25, -0.2) is 4.98 Å². The molecule has 5 rings (SSSR count). The van der Waals surface area contributed by atoms with Crippen LogP contribution in [-0.4, -0.2) is 37.9 Å². The normalized spacial score (nSPS) is 10.8. The van der Waals surface area contributed by atoms with Gasteiger partial charge >= 0.3 is 0 Å². The Bertz CT molecular complexity index is 1380. The SMILES string of the molecule is O=C(Nc1ccc(OCCc2ccccc2)cc1)c1ccnc(-c2ccc3n[nH]nc3n2)c1. The number of fused-ring (bicyclic) bond motifs is 1. The molecule has 0 fully saturated rings. The van der Waals surface area contributed by atoms with Crippen LogP contribution in [-0.2, 0) is 6.42 Å². The maximum Gasteiger partial charge on any atom is 0.255 e. The minimum Gasteiger partial charge on any atom is -0.493 e. The van der Waals surface area contributed by atoms with Gasteiger partial charge in [-0.2, -0.15) is 10.3 Å². The average Bonchev–Trinajstić information content (AvgIpc) is 3.34. The van der Waals surface area contributed by atoms with Crippen LogP contribution in [0.3, 0.4) is 0 Å². The minimum absolute atomic E-state index is 0.237. The van der Waals surface area contributed by atoms with Crippen molar-refractivity contribution in [3.8, 4) is 17.1 Å². The lowest BCUT2D eigenvalue weighted by molar-refractivity contribution is 0.102. The molecule has 0 unspecified atom stereocenters. The van der Waals surface area contributed by atoms with Crippen molar-refractivity contribution >= 4 is 22.8 Å². The number of nitrogens with one attached hydrogen (secondary N) is 2. The van der Waals surface area contributed by atoms with Gasteiger partial charge in [0.1, 0.15) is 11.3 Å². The van der Waals surface area contributed by atoms with Crippen molar-refractivity contribution in [1.82, 2.24) is 25.4 Å². The highest BCUT2D eigenvalue weighted by atomic mass is 16.5. The van der Waals surface area contributed by atoms with E-state index in [4.69, 9.17) is 4.74 Å². The van der Waals surface area contributed by atoms with E-state index in [0.29, 0.717) is 40.4 Å². The first-order valence-electron chi connectivity index (χ1n) is 10.5. The highest BCUT2D eigenvalue weighted by Crippen LogP contribution is 2.20. The summed E-state index contributed by atoms with van der Waals surface area (Å²) in [5.41, 5.74) is 4.74. The summed E-state index contributed by atoms with van der Waals surface area (Å²) >= 11 is 0. The fraction of sp³-hybridized carbons (Fsp3) is 0.0800. The molecule has 0 radical (unpaired) electrons. The van der Waals surface area contributed by atoms with Crippen molar-refractivity contribution in [1.29, 1.82) is 0 Å². The number of benzene rings is 2. The second kappa shape index (κ2) is 9.27. The Morgan fingerprint density at radius 2 is 1.76 bits per heavy atom. The van der Waals surface area contributed by atoms with Crippen molar-refractivity contribution in [2.24, 2.45) is 0 Å². The van der Waals surface area contributed by atoms with Crippen LogP contribution in [0, 0.1) is 0 Å². The van der Waals surface area contributed by atoms with Crippen LogP contribution in [0.5, 0.6) is 5.75 Å². The van der Waals surface area contributed by atoms with Gasteiger partial charge in [0.25, 0.3) is 5.91 Å². The predicted octanol–water partition coefficient (Wildman–Crippen LogP) is 4.29. The molecule has 33 heavy (non-hydrogen) atoms.